The van der Waals surface area contributed by atoms with Crippen molar-refractivity contribution in [1.29, 1.82) is 0 Å². The average molecular weight is 364 g/mol. The van der Waals surface area contributed by atoms with Crippen molar-refractivity contribution in [3.63, 3.8) is 0 Å². The number of hydrogen-bond donors (Lipinski definition) is 1. The summed E-state index contributed by atoms with van der Waals surface area (Å²) in [5, 5.41) is 6.57. The lowest BCUT2D eigenvalue weighted by Gasteiger charge is -2.15. The Morgan fingerprint density at radius 3 is 1.87 bits per heavy atom. The second-order valence-electron chi connectivity index (χ2n) is 4.57. The minimum absolute atomic E-state index is 0.463. The van der Waals surface area contributed by atoms with Gasteiger partial charge in [-0.2, -0.15) is 26.3 Å². The van der Waals surface area contributed by atoms with Crippen molar-refractivity contribution in [3.8, 4) is 0 Å². The Hall–Kier alpha value is -1.78. The van der Waals surface area contributed by atoms with E-state index in [0.29, 0.717) is 24.3 Å². The topological polar surface area (TPSA) is 71.4 Å². The summed E-state index contributed by atoms with van der Waals surface area (Å²) >= 11 is 0. The summed E-state index contributed by atoms with van der Waals surface area (Å²) in [6, 6.07) is 2.16. The summed E-state index contributed by atoms with van der Waals surface area (Å²) in [5.41, 5.74) is -1.69. The molecular weight excluding hydrogens is 354 g/mol. The Bertz CT molecular complexity index is 660. The van der Waals surface area contributed by atoms with Gasteiger partial charge in [0, 0.05) is 0 Å². The molecule has 0 aliphatic rings. The lowest BCUT2D eigenvalue weighted by molar-refractivity contribution is -0.137. The quantitative estimate of drug-likeness (QED) is 0.815. The molecule has 0 saturated heterocycles. The first-order valence-electron chi connectivity index (χ1n) is 5.92. The van der Waals surface area contributed by atoms with E-state index in [1.54, 1.807) is 0 Å². The Morgan fingerprint density at radius 1 is 1.04 bits per heavy atom. The number of benzene rings is 1. The van der Waals surface area contributed by atoms with Crippen LogP contribution in [0.5, 0.6) is 0 Å². The summed E-state index contributed by atoms with van der Waals surface area (Å²) in [7, 11) is -4.76. The van der Waals surface area contributed by atoms with Crippen molar-refractivity contribution >= 4 is 15.8 Å². The number of carboxylic acid groups (broad SMARTS) is 1. The third-order valence-electron chi connectivity index (χ3n) is 2.79. The molecule has 1 rings (SSSR count). The fourth-order valence-electron chi connectivity index (χ4n) is 1.73. The van der Waals surface area contributed by atoms with Crippen LogP contribution < -0.4 is 0 Å². The van der Waals surface area contributed by atoms with Crippen LogP contribution in [0.3, 0.4) is 0 Å². The molecule has 1 unspecified atom stereocenters. The molecule has 23 heavy (non-hydrogen) atoms. The van der Waals surface area contributed by atoms with Gasteiger partial charge in [0.25, 0.3) is 0 Å². The van der Waals surface area contributed by atoms with Crippen molar-refractivity contribution in [1.82, 2.24) is 0 Å². The van der Waals surface area contributed by atoms with Crippen LogP contribution in [0.1, 0.15) is 22.8 Å². The van der Waals surface area contributed by atoms with Gasteiger partial charge < -0.3 is 5.11 Å². The summed E-state index contributed by atoms with van der Waals surface area (Å²) in [4.78, 5) is 11.1. The van der Waals surface area contributed by atoms with Crippen LogP contribution in [0, 0.1) is 0 Å². The lowest BCUT2D eigenvalue weighted by Crippen LogP contribution is -2.27. The Morgan fingerprint density at radius 2 is 1.52 bits per heavy atom. The van der Waals surface area contributed by atoms with E-state index in [0.717, 1.165) is 0 Å². The zero-order chi connectivity index (χ0) is 18.1. The summed E-state index contributed by atoms with van der Waals surface area (Å²) in [6.07, 6.45) is -11.3. The van der Waals surface area contributed by atoms with Crippen molar-refractivity contribution < 1.29 is 44.7 Å². The molecule has 1 aromatic rings. The molecule has 0 aliphatic heterocycles. The maximum atomic E-state index is 12.4. The molecule has 1 atom stereocenters. The van der Waals surface area contributed by atoms with Crippen molar-refractivity contribution in [2.24, 2.45) is 0 Å². The molecule has 0 spiro atoms. The smallest absolute Gasteiger partial charge is 0.416 e. The van der Waals surface area contributed by atoms with E-state index in [-0.39, 0.29) is 0 Å². The number of halogens is 6. The van der Waals surface area contributed by atoms with Crippen LogP contribution >= 0.6 is 0 Å². The molecule has 130 valence electrons. The molecule has 1 aromatic carbocycles. The molecule has 0 saturated carbocycles. The van der Waals surface area contributed by atoms with Crippen LogP contribution in [0.4, 0.5) is 26.3 Å². The molecule has 0 fully saturated rings. The molecule has 1 N–H and O–H groups in total. The summed E-state index contributed by atoms with van der Waals surface area (Å²) < 4.78 is 97.1. The van der Waals surface area contributed by atoms with Gasteiger partial charge in [-0.1, -0.05) is 12.1 Å². The van der Waals surface area contributed by atoms with E-state index in [1.165, 1.54) is 0 Å². The third kappa shape index (κ3) is 5.41. The lowest BCUT2D eigenvalue weighted by atomic mass is 10.1. The van der Waals surface area contributed by atoms with E-state index >= 15 is 0 Å². The van der Waals surface area contributed by atoms with E-state index in [4.69, 9.17) is 5.11 Å². The molecule has 0 aromatic heterocycles. The second kappa shape index (κ2) is 6.38. The van der Waals surface area contributed by atoms with Gasteiger partial charge in [0.05, 0.1) is 17.7 Å². The first-order chi connectivity index (χ1) is 10.2. The summed E-state index contributed by atoms with van der Waals surface area (Å²) in [6.45, 7) is 0. The summed E-state index contributed by atoms with van der Waals surface area (Å²) in [5.74, 6) is -3.44. The van der Waals surface area contributed by atoms with E-state index < -0.39 is 56.7 Å². The number of alkyl halides is 6. The molecule has 0 aliphatic carbocycles. The fourth-order valence-corrected chi connectivity index (χ4v) is 3.36. The number of hydrogen-bond acceptors (Lipinski definition) is 3. The first-order valence-corrected chi connectivity index (χ1v) is 7.64. The van der Waals surface area contributed by atoms with E-state index in [2.05, 4.69) is 0 Å². The normalized spacial score (nSPS) is 14.5. The minimum Gasteiger partial charge on any atom is -0.480 e. The van der Waals surface area contributed by atoms with Crippen molar-refractivity contribution in [3.05, 3.63) is 35.4 Å². The molecular formula is C12H10F6O4S. The zero-order valence-corrected chi connectivity index (χ0v) is 12.0. The van der Waals surface area contributed by atoms with Gasteiger partial charge in [-0.25, -0.2) is 8.42 Å². The zero-order valence-electron chi connectivity index (χ0n) is 11.1. The minimum atomic E-state index is -4.81. The maximum Gasteiger partial charge on any atom is 0.416 e. The Kier molecular flexibility index (Phi) is 5.34. The monoisotopic (exact) mass is 364 g/mol. The van der Waals surface area contributed by atoms with E-state index in [1.807, 2.05) is 0 Å². The van der Waals surface area contributed by atoms with E-state index in [9.17, 15) is 39.6 Å². The maximum absolute atomic E-state index is 12.4. The Balaban J connectivity index is 3.14. The van der Waals surface area contributed by atoms with Crippen LogP contribution in [-0.2, 0) is 20.8 Å². The van der Waals surface area contributed by atoms with Gasteiger partial charge in [-0.3, -0.25) is 4.79 Å². The van der Waals surface area contributed by atoms with Gasteiger partial charge in [0.1, 0.15) is 0 Å². The van der Waals surface area contributed by atoms with Gasteiger partial charge in [-0.05, 0) is 17.7 Å². The number of aliphatic carboxylic acids is 1. The molecule has 0 radical (unpaired) electrons. The molecule has 0 bridgehead atoms. The SMILES string of the molecule is O=C(O)C(c1ccc(C(F)(F)F)cc1)S(=O)(=O)CCC(F)(F)F. The van der Waals surface area contributed by atoms with Crippen LogP contribution in [0.25, 0.3) is 0 Å². The molecule has 0 heterocycles. The molecule has 4 nitrogen and oxygen atoms in total. The predicted molar refractivity (Wildman–Crippen MR) is 66.3 cm³/mol. The Labute approximate surface area is 126 Å². The fraction of sp³-hybridized carbons (Fsp3) is 0.417. The highest BCUT2D eigenvalue weighted by molar-refractivity contribution is 7.92. The van der Waals surface area contributed by atoms with Gasteiger partial charge in [0.15, 0.2) is 15.1 Å². The highest BCUT2D eigenvalue weighted by Crippen LogP contribution is 2.32. The third-order valence-corrected chi connectivity index (χ3v) is 4.76. The van der Waals surface area contributed by atoms with Gasteiger partial charge in [0.2, 0.25) is 0 Å². The van der Waals surface area contributed by atoms with Crippen molar-refractivity contribution in [2.45, 2.75) is 24.0 Å². The van der Waals surface area contributed by atoms with Crippen LogP contribution in [-0.4, -0.2) is 31.4 Å². The van der Waals surface area contributed by atoms with Crippen LogP contribution in [0.2, 0.25) is 0 Å². The highest BCUT2D eigenvalue weighted by Gasteiger charge is 2.38. The van der Waals surface area contributed by atoms with Gasteiger partial charge >= 0.3 is 18.3 Å². The number of rotatable bonds is 5. The number of carboxylic acids is 1. The second-order valence-corrected chi connectivity index (χ2v) is 6.78. The average Bonchev–Trinajstić information content (AvgIpc) is 2.34. The largest absolute Gasteiger partial charge is 0.480 e. The predicted octanol–water partition coefficient (Wildman–Crippen LogP) is 3.20. The first kappa shape index (κ1) is 19.3. The van der Waals surface area contributed by atoms with Gasteiger partial charge in [-0.15, -0.1) is 0 Å². The number of sulfone groups is 1. The molecule has 11 heteroatoms. The molecule has 0 amide bonds. The number of carbonyl (C=O) groups is 1. The van der Waals surface area contributed by atoms with Crippen LogP contribution in [0.15, 0.2) is 24.3 Å². The highest BCUT2D eigenvalue weighted by atomic mass is 32.2. The van der Waals surface area contributed by atoms with Crippen molar-refractivity contribution in [2.75, 3.05) is 5.75 Å². The standard InChI is InChI=1S/C12H10F6O4S/c13-11(14,15)5-6-23(21,22)9(10(19)20)7-1-3-8(4-2-7)12(16,17)18/h1-4,9H,5-6H2,(H,19,20).